The molecule has 0 unspecified atom stereocenters. The van der Waals surface area contributed by atoms with Gasteiger partial charge in [0.1, 0.15) is 12.2 Å². The molecule has 0 bridgehead atoms. The van der Waals surface area contributed by atoms with Gasteiger partial charge in [0.25, 0.3) is 5.56 Å². The van der Waals surface area contributed by atoms with Gasteiger partial charge in [-0.3, -0.25) is 4.79 Å². The fourth-order valence-corrected chi connectivity index (χ4v) is 5.50. The Morgan fingerprint density at radius 2 is 1.83 bits per heavy atom. The molecule has 0 atom stereocenters. The van der Waals surface area contributed by atoms with E-state index in [1.54, 1.807) is 48.5 Å². The van der Waals surface area contributed by atoms with E-state index >= 15 is 0 Å². The molecule has 0 saturated heterocycles. The van der Waals surface area contributed by atoms with E-state index in [1.165, 1.54) is 18.0 Å². The lowest BCUT2D eigenvalue weighted by Crippen LogP contribution is -2.20. The molecule has 0 N–H and O–H groups in total. The minimum atomic E-state index is -0.355. The number of benzene rings is 4. The summed E-state index contributed by atoms with van der Waals surface area (Å²) in [5.41, 5.74) is 2.12. The molecule has 4 aromatic carbocycles. The lowest BCUT2D eigenvalue weighted by molar-refractivity contribution is 0.285. The lowest BCUT2D eigenvalue weighted by Gasteiger charge is -2.14. The summed E-state index contributed by atoms with van der Waals surface area (Å²) in [5, 5.41) is 7.07. The van der Waals surface area contributed by atoms with Crippen LogP contribution in [-0.2, 0) is 6.61 Å². The summed E-state index contributed by atoms with van der Waals surface area (Å²) in [6.07, 6.45) is 1.49. The zero-order chi connectivity index (χ0) is 29.4. The van der Waals surface area contributed by atoms with Crippen LogP contribution in [0, 0.1) is 0 Å². The van der Waals surface area contributed by atoms with Gasteiger partial charge in [0, 0.05) is 25.5 Å². The second-order valence-corrected chi connectivity index (χ2v) is 11.3. The predicted molar refractivity (Wildman–Crippen MR) is 171 cm³/mol. The Kier molecular flexibility index (Phi) is 7.96. The van der Waals surface area contributed by atoms with Crippen molar-refractivity contribution in [1.82, 2.24) is 9.66 Å². The number of methoxy groups -OCH3 is 1. The van der Waals surface area contributed by atoms with Crippen LogP contribution in [0.3, 0.4) is 0 Å². The minimum Gasteiger partial charge on any atom is -0.493 e. The molecule has 6 rings (SSSR count). The maximum Gasteiger partial charge on any atom is 0.282 e. The van der Waals surface area contributed by atoms with Gasteiger partial charge in [-0.1, -0.05) is 68.9 Å². The van der Waals surface area contributed by atoms with Crippen LogP contribution in [0.4, 0.5) is 0 Å². The lowest BCUT2D eigenvalue weighted by atomic mass is 10.2. The number of hydrogen-bond acceptors (Lipinski definition) is 6. The SMILES string of the molecule is COc1cc(C=Nn2c(-c3cc4cc(Br)ccc4o3)nc3ccccc3c2=O)cc(Cl)c1OCc1ccc(Cl)cc1Cl. The summed E-state index contributed by atoms with van der Waals surface area (Å²) >= 11 is 22.4. The monoisotopic (exact) mass is 681 g/mol. The van der Waals surface area contributed by atoms with E-state index in [0.717, 1.165) is 15.4 Å². The van der Waals surface area contributed by atoms with Crippen molar-refractivity contribution < 1.29 is 13.9 Å². The highest BCUT2D eigenvalue weighted by Crippen LogP contribution is 2.37. The van der Waals surface area contributed by atoms with Gasteiger partial charge in [-0.05, 0) is 66.2 Å². The highest BCUT2D eigenvalue weighted by atomic mass is 79.9. The Morgan fingerprint density at radius 1 is 1.00 bits per heavy atom. The summed E-state index contributed by atoms with van der Waals surface area (Å²) < 4.78 is 19.7. The molecule has 6 aromatic rings. The van der Waals surface area contributed by atoms with Crippen LogP contribution >= 0.6 is 50.7 Å². The number of furan rings is 1. The minimum absolute atomic E-state index is 0.148. The summed E-state index contributed by atoms with van der Waals surface area (Å²) in [7, 11) is 1.50. The van der Waals surface area contributed by atoms with Crippen LogP contribution in [0.25, 0.3) is 33.5 Å². The third kappa shape index (κ3) is 5.63. The molecule has 0 spiro atoms. The third-order valence-corrected chi connectivity index (χ3v) is 7.77. The van der Waals surface area contributed by atoms with Gasteiger partial charge in [-0.25, -0.2) is 4.98 Å². The van der Waals surface area contributed by atoms with Crippen LogP contribution in [0.2, 0.25) is 15.1 Å². The summed E-state index contributed by atoms with van der Waals surface area (Å²) in [6, 6.07) is 23.0. The van der Waals surface area contributed by atoms with Gasteiger partial charge < -0.3 is 13.9 Å². The molecule has 42 heavy (non-hydrogen) atoms. The van der Waals surface area contributed by atoms with E-state index in [-0.39, 0.29) is 23.0 Å². The van der Waals surface area contributed by atoms with E-state index in [9.17, 15) is 4.79 Å². The molecule has 11 heteroatoms. The normalized spacial score (nSPS) is 11.5. The quantitative estimate of drug-likeness (QED) is 0.157. The Hall–Kier alpha value is -3.82. The van der Waals surface area contributed by atoms with Crippen LogP contribution in [-0.4, -0.2) is 23.0 Å². The van der Waals surface area contributed by atoms with Crippen molar-refractivity contribution in [2.24, 2.45) is 5.10 Å². The van der Waals surface area contributed by atoms with Gasteiger partial charge >= 0.3 is 0 Å². The van der Waals surface area contributed by atoms with Crippen LogP contribution < -0.4 is 15.0 Å². The van der Waals surface area contributed by atoms with E-state index in [4.69, 9.17) is 53.7 Å². The Balaban J connectivity index is 1.39. The average molecular weight is 684 g/mol. The highest BCUT2D eigenvalue weighted by molar-refractivity contribution is 9.10. The first-order valence-corrected chi connectivity index (χ1v) is 14.4. The van der Waals surface area contributed by atoms with E-state index in [1.807, 2.05) is 30.3 Å². The number of hydrogen-bond donors (Lipinski definition) is 0. The van der Waals surface area contributed by atoms with Crippen molar-refractivity contribution in [3.8, 4) is 23.1 Å². The molecule has 210 valence electrons. The van der Waals surface area contributed by atoms with Gasteiger partial charge in [0.05, 0.1) is 29.2 Å². The molecular formula is C31H19BrCl3N3O4. The number of fused-ring (bicyclic) bond motifs is 2. The predicted octanol–water partition coefficient (Wildman–Crippen LogP) is 9.00. The molecule has 0 aliphatic heterocycles. The molecule has 0 amide bonds. The molecular weight excluding hydrogens is 665 g/mol. The maximum atomic E-state index is 13.6. The fraction of sp³-hybridized carbons (Fsp3) is 0.0645. The number of ether oxygens (including phenoxy) is 2. The summed E-state index contributed by atoms with van der Waals surface area (Å²) in [6.45, 7) is 0.148. The molecule has 0 radical (unpaired) electrons. The first kappa shape index (κ1) is 28.3. The van der Waals surface area contributed by atoms with Crippen molar-refractivity contribution in [2.75, 3.05) is 7.11 Å². The number of rotatable bonds is 7. The maximum absolute atomic E-state index is 13.6. The Bertz CT molecular complexity index is 2070. The van der Waals surface area contributed by atoms with Crippen molar-refractivity contribution >= 4 is 78.8 Å². The number of nitrogens with zero attached hydrogens (tertiary/aromatic N) is 3. The molecule has 7 nitrogen and oxygen atoms in total. The van der Waals surface area contributed by atoms with Gasteiger partial charge in [0.2, 0.25) is 5.82 Å². The second-order valence-electron chi connectivity index (χ2n) is 9.17. The Labute approximate surface area is 263 Å². The molecule has 0 aliphatic carbocycles. The first-order chi connectivity index (χ1) is 20.3. The molecule has 0 saturated carbocycles. The number of aromatic nitrogens is 2. The zero-order valence-electron chi connectivity index (χ0n) is 21.8. The Morgan fingerprint density at radius 3 is 2.64 bits per heavy atom. The van der Waals surface area contributed by atoms with Crippen molar-refractivity contribution in [2.45, 2.75) is 6.61 Å². The molecule has 0 aliphatic rings. The fourth-order valence-electron chi connectivity index (χ4n) is 4.38. The van der Waals surface area contributed by atoms with Gasteiger partial charge in [-0.2, -0.15) is 9.78 Å². The molecule has 2 aromatic heterocycles. The van der Waals surface area contributed by atoms with Crippen molar-refractivity contribution in [3.05, 3.63) is 120 Å². The van der Waals surface area contributed by atoms with Crippen LogP contribution in [0.15, 0.2) is 97.6 Å². The van der Waals surface area contributed by atoms with E-state index in [0.29, 0.717) is 49.4 Å². The summed E-state index contributed by atoms with van der Waals surface area (Å²) in [5.74, 6) is 1.35. The van der Waals surface area contributed by atoms with Crippen LogP contribution in [0.1, 0.15) is 11.1 Å². The van der Waals surface area contributed by atoms with Gasteiger partial charge in [-0.15, -0.1) is 0 Å². The van der Waals surface area contributed by atoms with Crippen molar-refractivity contribution in [1.29, 1.82) is 0 Å². The summed E-state index contributed by atoms with van der Waals surface area (Å²) in [4.78, 5) is 18.3. The van der Waals surface area contributed by atoms with E-state index < -0.39 is 0 Å². The van der Waals surface area contributed by atoms with Gasteiger partial charge in [0.15, 0.2) is 17.3 Å². The number of halogens is 4. The van der Waals surface area contributed by atoms with Crippen molar-refractivity contribution in [3.63, 3.8) is 0 Å². The highest BCUT2D eigenvalue weighted by Gasteiger charge is 2.17. The third-order valence-electron chi connectivity index (χ3n) is 6.41. The molecule has 2 heterocycles. The topological polar surface area (TPSA) is 78.9 Å². The average Bonchev–Trinajstić information content (AvgIpc) is 3.39. The van der Waals surface area contributed by atoms with Crippen LogP contribution in [0.5, 0.6) is 11.5 Å². The first-order valence-electron chi connectivity index (χ1n) is 12.5. The zero-order valence-corrected chi connectivity index (χ0v) is 25.6. The molecule has 0 fully saturated rings. The number of para-hydroxylation sites is 1. The van der Waals surface area contributed by atoms with E-state index in [2.05, 4.69) is 21.0 Å². The second kappa shape index (κ2) is 11.8. The smallest absolute Gasteiger partial charge is 0.282 e. The largest absolute Gasteiger partial charge is 0.493 e. The standard InChI is InChI=1S/C31H19BrCl3N3O4/c1-40-27-11-17(10-24(35)29(27)41-16-18-6-8-21(33)14-23(18)34)15-36-38-30(37-25-5-3-2-4-22(25)31(38)39)28-13-19-12-20(32)7-9-26(19)42-28/h2-15H,16H2,1H3.